The van der Waals surface area contributed by atoms with Crippen LogP contribution in [0.1, 0.15) is 18.9 Å². The molecule has 16 heavy (non-hydrogen) atoms. The highest BCUT2D eigenvalue weighted by atomic mass is 19.1. The number of phenols is 1. The molecule has 0 unspecified atom stereocenters. The molecule has 0 aliphatic carbocycles. The number of phenolic OH excluding ortho intramolecular Hbond substituents is 1. The van der Waals surface area contributed by atoms with Crippen molar-refractivity contribution in [3.63, 3.8) is 0 Å². The molecule has 0 saturated carbocycles. The van der Waals surface area contributed by atoms with E-state index in [9.17, 15) is 9.18 Å². The summed E-state index contributed by atoms with van der Waals surface area (Å²) in [5.41, 5.74) is 0.543. The van der Waals surface area contributed by atoms with Crippen LogP contribution in [-0.4, -0.2) is 17.6 Å². The van der Waals surface area contributed by atoms with Gasteiger partial charge in [0.25, 0.3) is 0 Å². The molecule has 0 radical (unpaired) electrons. The van der Waals surface area contributed by atoms with Crippen LogP contribution in [0.4, 0.5) is 4.39 Å². The van der Waals surface area contributed by atoms with Crippen molar-refractivity contribution in [2.45, 2.75) is 13.3 Å². The number of aromatic hydroxyl groups is 1. The Labute approximate surface area is 93.3 Å². The van der Waals surface area contributed by atoms with E-state index in [0.29, 0.717) is 18.5 Å². The molecule has 0 fully saturated rings. The van der Waals surface area contributed by atoms with E-state index in [1.165, 1.54) is 19.1 Å². The lowest BCUT2D eigenvalue weighted by atomic mass is 10.2. The average Bonchev–Trinajstić information content (AvgIpc) is 2.22. The molecule has 0 atom stereocenters. The lowest BCUT2D eigenvalue weighted by molar-refractivity contribution is -0.118. The number of amides is 1. The lowest BCUT2D eigenvalue weighted by Gasteiger charge is -1.96. The molecule has 3 nitrogen and oxygen atoms in total. The predicted molar refractivity (Wildman–Crippen MR) is 58.2 cm³/mol. The zero-order chi connectivity index (χ0) is 12.0. The molecule has 0 bridgehead atoms. The van der Waals surface area contributed by atoms with Crippen LogP contribution in [0.2, 0.25) is 0 Å². The fraction of sp³-hybridized carbons (Fsp3) is 0.250. The Morgan fingerprint density at radius 1 is 1.56 bits per heavy atom. The standard InChI is InChI=1S/C12H12FNO2/c1-9(15)14-7-3-2-4-10-5-6-11(13)12(16)8-10/h5-6,8,16H,3,7H2,1H3,(H,14,15). The Bertz CT molecular complexity index is 446. The molecule has 1 amide bonds. The maximum atomic E-state index is 12.7. The molecule has 0 heterocycles. The smallest absolute Gasteiger partial charge is 0.216 e. The van der Waals surface area contributed by atoms with Crippen molar-refractivity contribution in [1.29, 1.82) is 0 Å². The highest BCUT2D eigenvalue weighted by Crippen LogP contribution is 2.15. The topological polar surface area (TPSA) is 49.3 Å². The summed E-state index contributed by atoms with van der Waals surface area (Å²) < 4.78 is 12.7. The van der Waals surface area contributed by atoms with Crippen LogP contribution in [-0.2, 0) is 4.79 Å². The molecule has 2 N–H and O–H groups in total. The van der Waals surface area contributed by atoms with Crippen LogP contribution in [0.3, 0.4) is 0 Å². The first-order chi connectivity index (χ1) is 7.59. The highest BCUT2D eigenvalue weighted by molar-refractivity contribution is 5.72. The molecule has 0 aliphatic heterocycles. The minimum absolute atomic E-state index is 0.0961. The van der Waals surface area contributed by atoms with Crippen LogP contribution in [0.25, 0.3) is 0 Å². The minimum Gasteiger partial charge on any atom is -0.505 e. The number of hydrogen-bond acceptors (Lipinski definition) is 2. The van der Waals surface area contributed by atoms with E-state index in [4.69, 9.17) is 5.11 Å². The number of halogens is 1. The third-order valence-corrected chi connectivity index (χ3v) is 1.80. The number of rotatable bonds is 2. The van der Waals surface area contributed by atoms with E-state index < -0.39 is 11.6 Å². The van der Waals surface area contributed by atoms with E-state index in [-0.39, 0.29) is 5.91 Å². The minimum atomic E-state index is -0.663. The SMILES string of the molecule is CC(=O)NCCC#Cc1ccc(F)c(O)c1. The van der Waals surface area contributed by atoms with Gasteiger partial charge in [0.1, 0.15) is 0 Å². The summed E-state index contributed by atoms with van der Waals surface area (Å²) in [5.74, 6) is 4.40. The average molecular weight is 221 g/mol. The molecule has 4 heteroatoms. The van der Waals surface area contributed by atoms with Crippen molar-refractivity contribution < 1.29 is 14.3 Å². The van der Waals surface area contributed by atoms with E-state index in [2.05, 4.69) is 17.2 Å². The first-order valence-electron chi connectivity index (χ1n) is 4.81. The van der Waals surface area contributed by atoms with Gasteiger partial charge in [-0.25, -0.2) is 4.39 Å². The molecule has 84 valence electrons. The van der Waals surface area contributed by atoms with Crippen LogP contribution in [0.15, 0.2) is 18.2 Å². The fourth-order valence-corrected chi connectivity index (χ4v) is 1.06. The molecule has 0 aliphatic rings. The van der Waals surface area contributed by atoms with Crippen molar-refractivity contribution in [2.24, 2.45) is 0 Å². The third-order valence-electron chi connectivity index (χ3n) is 1.80. The normalized spacial score (nSPS) is 9.12. The van der Waals surface area contributed by atoms with Gasteiger partial charge in [-0.15, -0.1) is 0 Å². The third kappa shape index (κ3) is 4.01. The summed E-state index contributed by atoms with van der Waals surface area (Å²) in [5, 5.41) is 11.7. The first kappa shape index (κ1) is 12.1. The Kier molecular flexibility index (Phi) is 4.34. The van der Waals surface area contributed by atoms with Crippen molar-refractivity contribution in [3.05, 3.63) is 29.6 Å². The maximum Gasteiger partial charge on any atom is 0.216 e. The van der Waals surface area contributed by atoms with Gasteiger partial charge in [-0.3, -0.25) is 4.79 Å². The second-order valence-corrected chi connectivity index (χ2v) is 3.20. The summed E-state index contributed by atoms with van der Waals surface area (Å²) in [6.07, 6.45) is 0.512. The van der Waals surface area contributed by atoms with E-state index >= 15 is 0 Å². The van der Waals surface area contributed by atoms with Gasteiger partial charge < -0.3 is 10.4 Å². The predicted octanol–water partition coefficient (Wildman–Crippen LogP) is 1.41. The quantitative estimate of drug-likeness (QED) is 0.586. The monoisotopic (exact) mass is 221 g/mol. The zero-order valence-electron chi connectivity index (χ0n) is 8.88. The van der Waals surface area contributed by atoms with Crippen LogP contribution in [0, 0.1) is 17.7 Å². The number of nitrogens with one attached hydrogen (secondary N) is 1. The Morgan fingerprint density at radius 2 is 2.31 bits per heavy atom. The summed E-state index contributed by atoms with van der Waals surface area (Å²) >= 11 is 0. The first-order valence-corrected chi connectivity index (χ1v) is 4.81. The van der Waals surface area contributed by atoms with Gasteiger partial charge in [-0.2, -0.15) is 0 Å². The number of hydrogen-bond donors (Lipinski definition) is 2. The van der Waals surface area contributed by atoms with Crippen molar-refractivity contribution in [3.8, 4) is 17.6 Å². The summed E-state index contributed by atoms with van der Waals surface area (Å²) in [6.45, 7) is 1.92. The Hall–Kier alpha value is -2.02. The van der Waals surface area contributed by atoms with Gasteiger partial charge in [0, 0.05) is 25.5 Å². The van der Waals surface area contributed by atoms with Crippen LogP contribution < -0.4 is 5.32 Å². The molecular weight excluding hydrogens is 209 g/mol. The van der Waals surface area contributed by atoms with Gasteiger partial charge in [0.05, 0.1) is 0 Å². The van der Waals surface area contributed by atoms with Gasteiger partial charge in [0.2, 0.25) is 5.91 Å². The van der Waals surface area contributed by atoms with E-state index in [1.54, 1.807) is 0 Å². The summed E-state index contributed by atoms with van der Waals surface area (Å²) in [7, 11) is 0. The van der Waals surface area contributed by atoms with Gasteiger partial charge in [0.15, 0.2) is 11.6 Å². The lowest BCUT2D eigenvalue weighted by Crippen LogP contribution is -2.20. The molecular formula is C12H12FNO2. The van der Waals surface area contributed by atoms with Crippen LogP contribution in [0.5, 0.6) is 5.75 Å². The number of benzene rings is 1. The van der Waals surface area contributed by atoms with Gasteiger partial charge in [-0.1, -0.05) is 11.8 Å². The second-order valence-electron chi connectivity index (χ2n) is 3.20. The Balaban J connectivity index is 2.50. The number of carbonyl (C=O) groups is 1. The van der Waals surface area contributed by atoms with Crippen molar-refractivity contribution in [1.82, 2.24) is 5.32 Å². The van der Waals surface area contributed by atoms with E-state index in [0.717, 1.165) is 6.07 Å². The van der Waals surface area contributed by atoms with Crippen molar-refractivity contribution in [2.75, 3.05) is 6.54 Å². The molecule has 0 spiro atoms. The van der Waals surface area contributed by atoms with Gasteiger partial charge >= 0.3 is 0 Å². The fourth-order valence-electron chi connectivity index (χ4n) is 1.06. The molecule has 0 saturated heterocycles. The summed E-state index contributed by atoms with van der Waals surface area (Å²) in [4.78, 5) is 10.5. The second kappa shape index (κ2) is 5.76. The Morgan fingerprint density at radius 3 is 2.94 bits per heavy atom. The molecule has 1 aromatic rings. The molecule has 1 aromatic carbocycles. The summed E-state index contributed by atoms with van der Waals surface area (Å²) in [6, 6.07) is 3.91. The van der Waals surface area contributed by atoms with Crippen LogP contribution >= 0.6 is 0 Å². The largest absolute Gasteiger partial charge is 0.505 e. The maximum absolute atomic E-state index is 12.7. The zero-order valence-corrected chi connectivity index (χ0v) is 8.88. The molecule has 1 rings (SSSR count). The number of carbonyl (C=O) groups excluding carboxylic acids is 1. The molecule has 0 aromatic heterocycles. The van der Waals surface area contributed by atoms with E-state index in [1.807, 2.05) is 0 Å². The van der Waals surface area contributed by atoms with Gasteiger partial charge in [-0.05, 0) is 18.2 Å². The highest BCUT2D eigenvalue weighted by Gasteiger charge is 1.98. The van der Waals surface area contributed by atoms with Crippen molar-refractivity contribution >= 4 is 5.91 Å².